The Balaban J connectivity index is 0.000000291. The van der Waals surface area contributed by atoms with Gasteiger partial charge in [-0.05, 0) is 77.1 Å². The quantitative estimate of drug-likeness (QED) is 0.166. The van der Waals surface area contributed by atoms with Gasteiger partial charge >= 0.3 is 0 Å². The van der Waals surface area contributed by atoms with Crippen molar-refractivity contribution in [2.75, 3.05) is 0 Å². The van der Waals surface area contributed by atoms with Crippen LogP contribution in [0.2, 0.25) is 0 Å². The van der Waals surface area contributed by atoms with Gasteiger partial charge in [0.1, 0.15) is 5.58 Å². The van der Waals surface area contributed by atoms with Gasteiger partial charge in [0.2, 0.25) is 0 Å². The second-order valence-corrected chi connectivity index (χ2v) is 14.6. The molecule has 0 aliphatic rings. The number of nitrogens with zero attached hydrogens (tertiary/aromatic N) is 3. The molecule has 0 saturated heterocycles. The molecule has 0 amide bonds. The van der Waals surface area contributed by atoms with E-state index in [1.165, 1.54) is 11.1 Å². The minimum Gasteiger partial charge on any atom is -0.501 e. The predicted octanol–water partition coefficient (Wildman–Crippen LogP) is 12.3. The molecule has 4 heterocycles. The van der Waals surface area contributed by atoms with E-state index in [0.717, 1.165) is 76.4 Å². The van der Waals surface area contributed by atoms with Gasteiger partial charge in [-0.25, -0.2) is 4.98 Å². The zero-order chi connectivity index (χ0) is 35.2. The van der Waals surface area contributed by atoms with Crippen LogP contribution in [0.5, 0.6) is 0 Å². The van der Waals surface area contributed by atoms with Crippen LogP contribution in [-0.2, 0) is 25.5 Å². The number of pyridine rings is 2. The Morgan fingerprint density at radius 2 is 1.62 bits per heavy atom. The Morgan fingerprint density at radius 1 is 0.840 bits per heavy atom. The molecule has 8 rings (SSSR count). The second-order valence-electron chi connectivity index (χ2n) is 13.6. The van der Waals surface area contributed by atoms with Crippen molar-refractivity contribution in [3.05, 3.63) is 137 Å². The Hall–Kier alpha value is -4.48. The molecule has 0 aliphatic heterocycles. The molecule has 8 aromatic rings. The Kier molecular flexibility index (Phi) is 9.79. The summed E-state index contributed by atoms with van der Waals surface area (Å²) in [6, 6.07) is 36.8. The summed E-state index contributed by atoms with van der Waals surface area (Å²) in [6.45, 7) is 14.7. The van der Waals surface area contributed by atoms with E-state index in [1.807, 2.05) is 74.6 Å². The number of aromatic nitrogens is 3. The van der Waals surface area contributed by atoms with Gasteiger partial charge in [0.05, 0.1) is 20.8 Å². The fourth-order valence-electron chi connectivity index (χ4n) is 6.23. The van der Waals surface area contributed by atoms with E-state index in [4.69, 9.17) is 15.8 Å². The average molecular weight is 851 g/mol. The normalized spacial score (nSPS) is 12.0. The summed E-state index contributed by atoms with van der Waals surface area (Å²) in [7, 11) is 0. The number of benzene rings is 4. The minimum absolute atomic E-state index is 0. The summed E-state index contributed by atoms with van der Waals surface area (Å²) in [5, 5.41) is 3.26. The van der Waals surface area contributed by atoms with E-state index >= 15 is 0 Å². The van der Waals surface area contributed by atoms with Crippen LogP contribution < -0.4 is 0 Å². The van der Waals surface area contributed by atoms with Crippen molar-refractivity contribution in [3.8, 4) is 33.6 Å². The molecule has 4 nitrogen and oxygen atoms in total. The van der Waals surface area contributed by atoms with E-state index in [1.54, 1.807) is 17.5 Å². The van der Waals surface area contributed by atoms with Crippen molar-refractivity contribution < 1.29 is 25.9 Å². The Morgan fingerprint density at radius 3 is 2.30 bits per heavy atom. The summed E-state index contributed by atoms with van der Waals surface area (Å²) in [5.41, 5.74) is 11.7. The predicted molar refractivity (Wildman–Crippen MR) is 205 cm³/mol. The van der Waals surface area contributed by atoms with E-state index in [0.29, 0.717) is 0 Å². The minimum atomic E-state index is -0.798. The summed E-state index contributed by atoms with van der Waals surface area (Å²) in [5.74, 6) is -0.798. The number of furan rings is 1. The topological polar surface area (TPSA) is 51.8 Å². The summed E-state index contributed by atoms with van der Waals surface area (Å²) in [4.78, 5) is 14.0. The molecule has 0 N–H and O–H groups in total. The van der Waals surface area contributed by atoms with Crippen molar-refractivity contribution >= 4 is 43.5 Å². The van der Waals surface area contributed by atoms with Gasteiger partial charge in [0, 0.05) is 44.7 Å². The van der Waals surface area contributed by atoms with Crippen LogP contribution in [-0.4, -0.2) is 15.0 Å². The molecule has 0 bridgehead atoms. The van der Waals surface area contributed by atoms with Crippen molar-refractivity contribution in [2.45, 2.75) is 59.8 Å². The molecule has 6 heteroatoms. The molecule has 0 atom stereocenters. The monoisotopic (exact) mass is 851 g/mol. The third-order valence-corrected chi connectivity index (χ3v) is 10.2. The first-order valence-electron chi connectivity index (χ1n) is 17.0. The molecule has 0 fully saturated rings. The van der Waals surface area contributed by atoms with Crippen LogP contribution in [0.25, 0.3) is 65.8 Å². The van der Waals surface area contributed by atoms with Crippen LogP contribution in [0.1, 0.15) is 63.6 Å². The van der Waals surface area contributed by atoms with Crippen LogP contribution >= 0.6 is 11.3 Å². The van der Waals surface area contributed by atoms with Crippen molar-refractivity contribution in [3.63, 3.8) is 0 Å². The van der Waals surface area contributed by atoms with Gasteiger partial charge in [-0.3, -0.25) is 0 Å². The van der Waals surface area contributed by atoms with E-state index in [2.05, 4.69) is 88.1 Å². The van der Waals surface area contributed by atoms with E-state index in [9.17, 15) is 0 Å². The van der Waals surface area contributed by atoms with E-state index < -0.39 is 5.89 Å². The van der Waals surface area contributed by atoms with E-state index in [-0.39, 0.29) is 25.5 Å². The molecule has 0 unspecified atom stereocenters. The van der Waals surface area contributed by atoms with Crippen molar-refractivity contribution in [1.82, 2.24) is 15.0 Å². The number of thiazole rings is 1. The maximum atomic E-state index is 8.83. The molecular weight excluding hydrogens is 811 g/mol. The average Bonchev–Trinajstić information content (AvgIpc) is 3.71. The first-order chi connectivity index (χ1) is 23.9. The first kappa shape index (κ1) is 34.0. The summed E-state index contributed by atoms with van der Waals surface area (Å²) >= 11 is 1.74. The van der Waals surface area contributed by atoms with Crippen LogP contribution in [0.3, 0.4) is 0 Å². The third-order valence-electron chi connectivity index (χ3n) is 8.69. The second kappa shape index (κ2) is 14.4. The number of hydrogen-bond acceptors (Lipinski definition) is 5. The molecule has 4 aromatic heterocycles. The number of rotatable bonds is 4. The van der Waals surface area contributed by atoms with Crippen LogP contribution in [0.4, 0.5) is 0 Å². The first-order valence-corrected chi connectivity index (χ1v) is 17.3. The molecule has 253 valence electrons. The zero-order valence-electron chi connectivity index (χ0n) is 30.3. The molecule has 4 aromatic carbocycles. The zero-order valence-corrected chi connectivity index (χ0v) is 32.5. The smallest absolute Gasteiger partial charge is 0.122 e. The van der Waals surface area contributed by atoms with Crippen molar-refractivity contribution in [2.24, 2.45) is 0 Å². The largest absolute Gasteiger partial charge is 0.501 e. The van der Waals surface area contributed by atoms with Crippen LogP contribution in [0.15, 0.2) is 108 Å². The fourth-order valence-corrected chi connectivity index (χ4v) is 7.41. The van der Waals surface area contributed by atoms with Crippen LogP contribution in [0, 0.1) is 26.0 Å². The van der Waals surface area contributed by atoms with Gasteiger partial charge in [0.25, 0.3) is 0 Å². The fraction of sp³-hybridized carbons (Fsp3) is 0.205. The Labute approximate surface area is 313 Å². The molecule has 1 radical (unpaired) electrons. The standard InChI is InChI=1S/C33H31N2OS.C11H8N.Ir/c1-18(2)24-17-34-26(16-23(24)28-19(3)10-8-11-20(28)4)21-12-9-13-22-29-27(36-30(21)22)15-14-25-31(29)37-32(35-25)33(5,6)7;1-2-6-10(7-3-1)11-8-4-5-9-12-11;/h8-11,13-18H,1-7H3;1-6,8-9H;/q2*-1;/i18D;;. The molecular formula is C44H39IrN3OS-2. The Bertz CT molecular complexity index is 2420. The van der Waals surface area contributed by atoms with Gasteiger partial charge < -0.3 is 14.4 Å². The molecule has 0 spiro atoms. The molecule has 0 aliphatic carbocycles. The maximum absolute atomic E-state index is 8.83. The third kappa shape index (κ3) is 6.81. The summed E-state index contributed by atoms with van der Waals surface area (Å²) in [6.07, 6.45) is 3.64. The SMILES string of the molecule is [2H]C(C)(C)c1cnc(-c2[c-]ccc3c2oc2ccc4nc(C(C)(C)C)sc4c23)cc1-c1c(C)cccc1C.[Ir].[c-]1ccccc1-c1ccccn1. The van der Waals surface area contributed by atoms with Gasteiger partial charge in [-0.15, -0.1) is 65.4 Å². The molecule has 50 heavy (non-hydrogen) atoms. The van der Waals surface area contributed by atoms with Gasteiger partial charge in [0.15, 0.2) is 0 Å². The summed E-state index contributed by atoms with van der Waals surface area (Å²) < 4.78 is 16.5. The van der Waals surface area contributed by atoms with Crippen molar-refractivity contribution in [1.29, 1.82) is 0 Å². The number of fused-ring (bicyclic) bond motifs is 5. The maximum Gasteiger partial charge on any atom is 0.122 e. The molecule has 0 saturated carbocycles. The van der Waals surface area contributed by atoms with Gasteiger partial charge in [-0.1, -0.05) is 82.0 Å². The van der Waals surface area contributed by atoms with Gasteiger partial charge in [-0.2, -0.15) is 0 Å². The number of aryl methyl sites for hydroxylation is 2. The number of hydrogen-bond donors (Lipinski definition) is 0.